The predicted octanol–water partition coefficient (Wildman–Crippen LogP) is 4.54. The van der Waals surface area contributed by atoms with Crippen LogP contribution in [0, 0.1) is 6.92 Å². The van der Waals surface area contributed by atoms with Crippen molar-refractivity contribution in [2.75, 3.05) is 0 Å². The first kappa shape index (κ1) is 16.7. The predicted molar refractivity (Wildman–Crippen MR) is 94.5 cm³/mol. The van der Waals surface area contributed by atoms with Crippen LogP contribution >= 0.6 is 31.9 Å². The first-order chi connectivity index (χ1) is 9.97. The molecule has 0 aliphatic heterocycles. The summed E-state index contributed by atoms with van der Waals surface area (Å²) in [6, 6.07) is 6.23. The van der Waals surface area contributed by atoms with Crippen molar-refractivity contribution >= 4 is 31.9 Å². The van der Waals surface area contributed by atoms with Crippen LogP contribution in [-0.4, -0.2) is 9.78 Å². The number of rotatable bonds is 5. The highest BCUT2D eigenvalue weighted by molar-refractivity contribution is 9.10. The molecule has 2 aromatic rings. The number of nitrogens with two attached hydrogens (primary N) is 1. The summed E-state index contributed by atoms with van der Waals surface area (Å²) >= 11 is 7.18. The van der Waals surface area contributed by atoms with E-state index < -0.39 is 0 Å². The van der Waals surface area contributed by atoms with Gasteiger partial charge in [0.05, 0.1) is 15.9 Å². The van der Waals surface area contributed by atoms with Crippen LogP contribution in [0.25, 0.3) is 0 Å². The van der Waals surface area contributed by atoms with Crippen LogP contribution in [0.4, 0.5) is 0 Å². The molecule has 2 rings (SSSR count). The summed E-state index contributed by atoms with van der Waals surface area (Å²) in [5.41, 5.74) is 11.1. The second-order valence-electron chi connectivity index (χ2n) is 5.19. The van der Waals surface area contributed by atoms with Crippen LogP contribution in [0.2, 0.25) is 0 Å². The molecule has 114 valence electrons. The molecule has 5 heteroatoms. The number of hydrogen-bond acceptors (Lipinski definition) is 2. The Labute approximate surface area is 143 Å². The van der Waals surface area contributed by atoms with Crippen LogP contribution in [0.5, 0.6) is 0 Å². The molecule has 3 nitrogen and oxygen atoms in total. The first-order valence-corrected chi connectivity index (χ1v) is 8.82. The first-order valence-electron chi connectivity index (χ1n) is 7.23. The van der Waals surface area contributed by atoms with Gasteiger partial charge in [-0.3, -0.25) is 4.68 Å². The van der Waals surface area contributed by atoms with Gasteiger partial charge in [-0.25, -0.2) is 0 Å². The summed E-state index contributed by atoms with van der Waals surface area (Å²) in [5, 5.41) is 4.64. The van der Waals surface area contributed by atoms with Gasteiger partial charge in [0.15, 0.2) is 0 Å². The van der Waals surface area contributed by atoms with E-state index in [2.05, 4.69) is 74.5 Å². The van der Waals surface area contributed by atoms with Crippen molar-refractivity contribution in [3.8, 4) is 0 Å². The van der Waals surface area contributed by atoms with Crippen molar-refractivity contribution in [2.45, 2.75) is 46.2 Å². The minimum absolute atomic E-state index is 0.0268. The molecule has 0 aliphatic rings. The van der Waals surface area contributed by atoms with Gasteiger partial charge in [0.2, 0.25) is 0 Å². The smallest absolute Gasteiger partial charge is 0.0766 e. The summed E-state index contributed by atoms with van der Waals surface area (Å²) in [4.78, 5) is 0. The number of hydrogen-bond donors (Lipinski definition) is 1. The largest absolute Gasteiger partial charge is 0.324 e. The molecule has 0 fully saturated rings. The Bertz CT molecular complexity index is 635. The Morgan fingerprint density at radius 1 is 1.29 bits per heavy atom. The third-order valence-corrected chi connectivity index (χ3v) is 5.15. The van der Waals surface area contributed by atoms with E-state index in [1.165, 1.54) is 16.8 Å². The lowest BCUT2D eigenvalue weighted by Crippen LogP contribution is -2.17. The lowest BCUT2D eigenvalue weighted by Gasteiger charge is -2.16. The summed E-state index contributed by atoms with van der Waals surface area (Å²) in [6.07, 6.45) is 1.71. The molecule has 1 unspecified atom stereocenters. The Morgan fingerprint density at radius 2 is 2.00 bits per heavy atom. The van der Waals surface area contributed by atoms with Gasteiger partial charge >= 0.3 is 0 Å². The second-order valence-corrected chi connectivity index (χ2v) is 6.90. The molecule has 0 bridgehead atoms. The van der Waals surface area contributed by atoms with Crippen LogP contribution in [0.15, 0.2) is 27.1 Å². The highest BCUT2D eigenvalue weighted by Gasteiger charge is 2.18. The zero-order valence-corrected chi connectivity index (χ0v) is 15.8. The van der Waals surface area contributed by atoms with Crippen molar-refractivity contribution in [1.29, 1.82) is 0 Å². The molecule has 1 atom stereocenters. The van der Waals surface area contributed by atoms with Gasteiger partial charge in [0.1, 0.15) is 0 Å². The monoisotopic (exact) mass is 413 g/mol. The number of benzene rings is 1. The summed E-state index contributed by atoms with van der Waals surface area (Å²) in [6.45, 7) is 7.19. The molecule has 1 aromatic heterocycles. The van der Waals surface area contributed by atoms with Crippen LogP contribution < -0.4 is 5.73 Å². The number of halogens is 2. The van der Waals surface area contributed by atoms with Crippen molar-refractivity contribution in [3.63, 3.8) is 0 Å². The molecule has 0 aliphatic carbocycles. The molecule has 21 heavy (non-hydrogen) atoms. The lowest BCUT2D eigenvalue weighted by molar-refractivity contribution is 0.583. The van der Waals surface area contributed by atoms with Gasteiger partial charge in [-0.05, 0) is 59.5 Å². The van der Waals surface area contributed by atoms with Crippen molar-refractivity contribution < 1.29 is 0 Å². The van der Waals surface area contributed by atoms with Gasteiger partial charge in [-0.1, -0.05) is 28.9 Å². The van der Waals surface area contributed by atoms with Crippen LogP contribution in [-0.2, 0) is 19.4 Å². The molecular weight excluding hydrogens is 394 g/mol. The Morgan fingerprint density at radius 3 is 2.57 bits per heavy atom. The second kappa shape index (κ2) is 7.07. The molecule has 2 N–H and O–H groups in total. The number of nitrogens with zero attached hydrogens (tertiary/aromatic N) is 2. The van der Waals surface area contributed by atoms with Crippen LogP contribution in [0.3, 0.4) is 0 Å². The Kier molecular flexibility index (Phi) is 5.63. The fourth-order valence-electron chi connectivity index (χ4n) is 2.59. The maximum Gasteiger partial charge on any atom is 0.0766 e. The van der Waals surface area contributed by atoms with Crippen molar-refractivity contribution in [3.05, 3.63) is 49.7 Å². The molecule has 0 spiro atoms. The molecule has 0 amide bonds. The van der Waals surface area contributed by atoms with Gasteiger partial charge in [-0.2, -0.15) is 5.10 Å². The Balaban J connectivity index is 2.31. The van der Waals surface area contributed by atoms with Crippen molar-refractivity contribution in [2.24, 2.45) is 5.73 Å². The normalized spacial score (nSPS) is 12.7. The third-order valence-electron chi connectivity index (χ3n) is 3.74. The summed E-state index contributed by atoms with van der Waals surface area (Å²) in [5.74, 6) is 0. The molecular formula is C16H21Br2N3. The molecule has 1 aromatic carbocycles. The maximum absolute atomic E-state index is 6.44. The van der Waals surface area contributed by atoms with E-state index in [4.69, 9.17) is 5.73 Å². The summed E-state index contributed by atoms with van der Waals surface area (Å²) in [7, 11) is 0. The van der Waals surface area contributed by atoms with E-state index in [0.29, 0.717) is 0 Å². The maximum atomic E-state index is 6.44. The zero-order valence-electron chi connectivity index (χ0n) is 12.7. The fourth-order valence-corrected chi connectivity index (χ4v) is 3.79. The standard InChI is InChI=1S/C16H21Br2N3/c1-4-14-16(18)15(21(5-2)20-14)9-13(19)12-7-6-11(17)8-10(12)3/h6-8,13H,4-5,9,19H2,1-3H3. The quantitative estimate of drug-likeness (QED) is 0.780. The lowest BCUT2D eigenvalue weighted by atomic mass is 9.98. The highest BCUT2D eigenvalue weighted by atomic mass is 79.9. The molecule has 0 saturated carbocycles. The van der Waals surface area contributed by atoms with E-state index in [9.17, 15) is 0 Å². The van der Waals surface area contributed by atoms with Gasteiger partial charge < -0.3 is 5.73 Å². The fraction of sp³-hybridized carbons (Fsp3) is 0.438. The molecule has 0 radical (unpaired) electrons. The Hall–Kier alpha value is -0.650. The van der Waals surface area contributed by atoms with Crippen LogP contribution in [0.1, 0.15) is 42.4 Å². The average Bonchev–Trinajstić information content (AvgIpc) is 2.75. The SMILES string of the molecule is CCc1nn(CC)c(CC(N)c2ccc(Br)cc2C)c1Br. The van der Waals surface area contributed by atoms with Gasteiger partial charge in [0, 0.05) is 23.5 Å². The number of aryl methyl sites for hydroxylation is 3. The number of aromatic nitrogens is 2. The minimum Gasteiger partial charge on any atom is -0.324 e. The molecule has 1 heterocycles. The van der Waals surface area contributed by atoms with E-state index in [-0.39, 0.29) is 6.04 Å². The molecule has 0 saturated heterocycles. The van der Waals surface area contributed by atoms with E-state index in [0.717, 1.165) is 34.0 Å². The van der Waals surface area contributed by atoms with E-state index >= 15 is 0 Å². The highest BCUT2D eigenvalue weighted by Crippen LogP contribution is 2.28. The zero-order chi connectivity index (χ0) is 15.6. The van der Waals surface area contributed by atoms with Crippen molar-refractivity contribution in [1.82, 2.24) is 9.78 Å². The minimum atomic E-state index is -0.0268. The van der Waals surface area contributed by atoms with E-state index in [1.54, 1.807) is 0 Å². The van der Waals surface area contributed by atoms with E-state index in [1.807, 2.05) is 6.07 Å². The van der Waals surface area contributed by atoms with Gasteiger partial charge in [-0.15, -0.1) is 0 Å². The average molecular weight is 415 g/mol. The summed E-state index contributed by atoms with van der Waals surface area (Å²) < 4.78 is 4.25. The topological polar surface area (TPSA) is 43.8 Å². The van der Waals surface area contributed by atoms with Gasteiger partial charge in [0.25, 0.3) is 0 Å². The third kappa shape index (κ3) is 3.58.